The Labute approximate surface area is 97.6 Å². The molecule has 0 aromatic carbocycles. The molecule has 1 heterocycles. The third kappa shape index (κ3) is 2.30. The molecular formula is C13H22N2O. The van der Waals surface area contributed by atoms with Gasteiger partial charge in [-0.05, 0) is 44.7 Å². The molecule has 0 radical (unpaired) electrons. The number of nitrogens with zero attached hydrogens (tertiary/aromatic N) is 1. The smallest absolute Gasteiger partial charge is 0.0725 e. The Morgan fingerprint density at radius 1 is 1.62 bits per heavy atom. The lowest BCUT2D eigenvalue weighted by atomic mass is 9.93. The highest BCUT2D eigenvalue weighted by Crippen LogP contribution is 2.28. The van der Waals surface area contributed by atoms with Gasteiger partial charge in [0, 0.05) is 31.1 Å². The van der Waals surface area contributed by atoms with E-state index in [4.69, 9.17) is 10.5 Å². The van der Waals surface area contributed by atoms with Crippen molar-refractivity contribution in [3.63, 3.8) is 0 Å². The molecule has 0 spiro atoms. The summed E-state index contributed by atoms with van der Waals surface area (Å²) in [6.45, 7) is 5.89. The highest BCUT2D eigenvalue weighted by atomic mass is 16.5. The van der Waals surface area contributed by atoms with E-state index in [0.29, 0.717) is 0 Å². The molecule has 0 amide bonds. The summed E-state index contributed by atoms with van der Waals surface area (Å²) in [7, 11) is 0. The van der Waals surface area contributed by atoms with Crippen LogP contribution in [-0.2, 0) is 17.7 Å². The number of hydrogen-bond donors (Lipinski definition) is 1. The zero-order valence-electron chi connectivity index (χ0n) is 10.3. The van der Waals surface area contributed by atoms with Gasteiger partial charge in [-0.1, -0.05) is 0 Å². The summed E-state index contributed by atoms with van der Waals surface area (Å²) in [5, 5.41) is 0. The summed E-state index contributed by atoms with van der Waals surface area (Å²) in [6, 6.07) is 2.42. The molecule has 3 heteroatoms. The Kier molecular flexibility index (Phi) is 3.66. The third-order valence-corrected chi connectivity index (χ3v) is 3.35. The van der Waals surface area contributed by atoms with Crippen molar-refractivity contribution in [3.05, 3.63) is 23.5 Å². The molecule has 0 bridgehead atoms. The summed E-state index contributed by atoms with van der Waals surface area (Å²) < 4.78 is 7.90. The van der Waals surface area contributed by atoms with E-state index in [1.54, 1.807) is 0 Å². The second kappa shape index (κ2) is 5.02. The lowest BCUT2D eigenvalue weighted by Crippen LogP contribution is -2.21. The van der Waals surface area contributed by atoms with Gasteiger partial charge in [-0.25, -0.2) is 0 Å². The fourth-order valence-corrected chi connectivity index (χ4v) is 2.58. The highest BCUT2D eigenvalue weighted by Gasteiger charge is 2.20. The Hall–Kier alpha value is -0.800. The van der Waals surface area contributed by atoms with Gasteiger partial charge in [-0.15, -0.1) is 0 Å². The van der Waals surface area contributed by atoms with Crippen molar-refractivity contribution < 1.29 is 4.74 Å². The molecule has 0 saturated heterocycles. The lowest BCUT2D eigenvalue weighted by Gasteiger charge is -2.22. The first kappa shape index (κ1) is 11.7. The number of ether oxygens (including phenoxy) is 1. The molecule has 2 atom stereocenters. The van der Waals surface area contributed by atoms with Gasteiger partial charge in [0.25, 0.3) is 0 Å². The second-order valence-corrected chi connectivity index (χ2v) is 4.63. The summed E-state index contributed by atoms with van der Waals surface area (Å²) in [4.78, 5) is 0. The molecule has 90 valence electrons. The second-order valence-electron chi connectivity index (χ2n) is 4.63. The van der Waals surface area contributed by atoms with Crippen LogP contribution in [0.3, 0.4) is 0 Å². The fourth-order valence-electron chi connectivity index (χ4n) is 2.58. The maximum Gasteiger partial charge on any atom is 0.0725 e. The minimum atomic E-state index is 0.243. The van der Waals surface area contributed by atoms with Crippen LogP contribution in [0.4, 0.5) is 0 Å². The van der Waals surface area contributed by atoms with E-state index in [1.807, 2.05) is 6.92 Å². The molecule has 1 aromatic heterocycles. The molecule has 0 aliphatic heterocycles. The van der Waals surface area contributed by atoms with Crippen LogP contribution in [0, 0.1) is 0 Å². The molecule has 3 nitrogen and oxygen atoms in total. The van der Waals surface area contributed by atoms with E-state index < -0.39 is 0 Å². The van der Waals surface area contributed by atoms with Crippen LogP contribution in [-0.4, -0.2) is 17.3 Å². The first-order valence-electron chi connectivity index (χ1n) is 6.27. The quantitative estimate of drug-likeness (QED) is 0.848. The van der Waals surface area contributed by atoms with Crippen molar-refractivity contribution in [2.24, 2.45) is 5.73 Å². The van der Waals surface area contributed by atoms with Crippen LogP contribution in [0.25, 0.3) is 0 Å². The Morgan fingerprint density at radius 3 is 3.19 bits per heavy atom. The van der Waals surface area contributed by atoms with Gasteiger partial charge in [0.1, 0.15) is 0 Å². The molecule has 0 fully saturated rings. The SMILES string of the molecule is CCOC(C)Cn1ccc2c1CCCC2N. The molecule has 1 aliphatic rings. The molecule has 2 N–H and O–H groups in total. The van der Waals surface area contributed by atoms with Gasteiger partial charge < -0.3 is 15.0 Å². The summed E-state index contributed by atoms with van der Waals surface area (Å²) in [5.74, 6) is 0. The van der Waals surface area contributed by atoms with E-state index in [1.165, 1.54) is 17.7 Å². The molecule has 0 saturated carbocycles. The van der Waals surface area contributed by atoms with E-state index in [0.717, 1.165) is 26.0 Å². The van der Waals surface area contributed by atoms with Gasteiger partial charge >= 0.3 is 0 Å². The van der Waals surface area contributed by atoms with Crippen LogP contribution in [0.5, 0.6) is 0 Å². The molecular weight excluding hydrogens is 200 g/mol. The Balaban J connectivity index is 2.11. The third-order valence-electron chi connectivity index (χ3n) is 3.35. The van der Waals surface area contributed by atoms with Gasteiger partial charge in [-0.3, -0.25) is 0 Å². The number of aromatic nitrogens is 1. The first-order chi connectivity index (χ1) is 7.72. The topological polar surface area (TPSA) is 40.2 Å². The van der Waals surface area contributed by atoms with Crippen molar-refractivity contribution in [2.75, 3.05) is 6.61 Å². The average molecular weight is 222 g/mol. The van der Waals surface area contributed by atoms with Crippen LogP contribution in [0.2, 0.25) is 0 Å². The van der Waals surface area contributed by atoms with Crippen LogP contribution in [0.1, 0.15) is 44.0 Å². The van der Waals surface area contributed by atoms with Gasteiger partial charge in [0.15, 0.2) is 0 Å². The average Bonchev–Trinajstić information content (AvgIpc) is 2.64. The highest BCUT2D eigenvalue weighted by molar-refractivity contribution is 5.28. The first-order valence-corrected chi connectivity index (χ1v) is 6.27. The van der Waals surface area contributed by atoms with Crippen molar-refractivity contribution >= 4 is 0 Å². The molecule has 1 aromatic rings. The zero-order valence-corrected chi connectivity index (χ0v) is 10.3. The molecule has 2 rings (SSSR count). The van der Waals surface area contributed by atoms with Crippen molar-refractivity contribution in [2.45, 2.75) is 51.8 Å². The monoisotopic (exact) mass is 222 g/mol. The van der Waals surface area contributed by atoms with Crippen LogP contribution < -0.4 is 5.73 Å². The number of hydrogen-bond acceptors (Lipinski definition) is 2. The zero-order chi connectivity index (χ0) is 11.5. The van der Waals surface area contributed by atoms with E-state index in [-0.39, 0.29) is 12.1 Å². The summed E-state index contributed by atoms with van der Waals surface area (Å²) in [6.07, 6.45) is 5.93. The molecule has 2 unspecified atom stereocenters. The normalized spacial score (nSPS) is 21.8. The largest absolute Gasteiger partial charge is 0.377 e. The predicted molar refractivity (Wildman–Crippen MR) is 65.4 cm³/mol. The van der Waals surface area contributed by atoms with Crippen LogP contribution >= 0.6 is 0 Å². The van der Waals surface area contributed by atoms with E-state index >= 15 is 0 Å². The lowest BCUT2D eigenvalue weighted by molar-refractivity contribution is 0.0634. The van der Waals surface area contributed by atoms with Gasteiger partial charge in [-0.2, -0.15) is 0 Å². The maximum absolute atomic E-state index is 6.10. The van der Waals surface area contributed by atoms with E-state index in [9.17, 15) is 0 Å². The van der Waals surface area contributed by atoms with Crippen molar-refractivity contribution in [3.8, 4) is 0 Å². The summed E-state index contributed by atoms with van der Waals surface area (Å²) >= 11 is 0. The molecule has 16 heavy (non-hydrogen) atoms. The Bertz CT molecular complexity index is 346. The minimum absolute atomic E-state index is 0.243. The maximum atomic E-state index is 6.10. The number of fused-ring (bicyclic) bond motifs is 1. The van der Waals surface area contributed by atoms with Crippen molar-refractivity contribution in [1.82, 2.24) is 4.57 Å². The Morgan fingerprint density at radius 2 is 2.44 bits per heavy atom. The van der Waals surface area contributed by atoms with E-state index in [2.05, 4.69) is 23.8 Å². The number of nitrogens with two attached hydrogens (primary N) is 1. The predicted octanol–water partition coefficient (Wildman–Crippen LogP) is 2.25. The van der Waals surface area contributed by atoms with Crippen molar-refractivity contribution in [1.29, 1.82) is 0 Å². The molecule has 1 aliphatic carbocycles. The minimum Gasteiger partial charge on any atom is -0.377 e. The number of rotatable bonds is 4. The van der Waals surface area contributed by atoms with Gasteiger partial charge in [0.2, 0.25) is 0 Å². The van der Waals surface area contributed by atoms with Gasteiger partial charge in [0.05, 0.1) is 6.10 Å². The standard InChI is InChI=1S/C13H22N2O/c1-3-16-10(2)9-15-8-7-11-12(14)5-4-6-13(11)15/h7-8,10,12H,3-6,9,14H2,1-2H3. The van der Waals surface area contributed by atoms with Crippen LogP contribution in [0.15, 0.2) is 12.3 Å². The summed E-state index contributed by atoms with van der Waals surface area (Å²) in [5.41, 5.74) is 8.87. The fraction of sp³-hybridized carbons (Fsp3) is 0.692.